The Hall–Kier alpha value is -1.53. The summed E-state index contributed by atoms with van der Waals surface area (Å²) in [5.41, 5.74) is 0.654. The summed E-state index contributed by atoms with van der Waals surface area (Å²) in [6.45, 7) is 5.94. The highest BCUT2D eigenvalue weighted by atomic mass is 16.7. The van der Waals surface area contributed by atoms with Crippen LogP contribution in [-0.2, 0) is 0 Å². The molecule has 0 N–H and O–H groups in total. The maximum Gasteiger partial charge on any atom is 0.147 e. The van der Waals surface area contributed by atoms with Crippen molar-refractivity contribution >= 4 is 0 Å². The van der Waals surface area contributed by atoms with E-state index in [9.17, 15) is 0 Å². The van der Waals surface area contributed by atoms with Crippen molar-refractivity contribution in [2.45, 2.75) is 20.3 Å². The van der Waals surface area contributed by atoms with Gasteiger partial charge in [-0.25, -0.2) is 0 Å². The molecule has 0 amide bonds. The molecule has 0 fully saturated rings. The number of rotatable bonds is 5. The molecule has 0 unspecified atom stereocenters. The van der Waals surface area contributed by atoms with Crippen LogP contribution in [0.4, 0.5) is 0 Å². The first-order chi connectivity index (χ1) is 7.30. The van der Waals surface area contributed by atoms with Gasteiger partial charge in [-0.15, -0.1) is 5.06 Å². The molecule has 0 saturated carbocycles. The van der Waals surface area contributed by atoms with Crippen LogP contribution in [0.1, 0.15) is 25.8 Å². The highest BCUT2D eigenvalue weighted by molar-refractivity contribution is 5.34. The summed E-state index contributed by atoms with van der Waals surface area (Å²) in [5.74, 6) is 0.782. The number of hydrogen-bond acceptors (Lipinski definition) is 3. The van der Waals surface area contributed by atoms with Crippen LogP contribution >= 0.6 is 0 Å². The van der Waals surface area contributed by atoms with Gasteiger partial charge in [0.05, 0.1) is 11.6 Å². The average Bonchev–Trinajstić information content (AvgIpc) is 2.29. The van der Waals surface area contributed by atoms with Crippen molar-refractivity contribution in [3.8, 4) is 11.8 Å². The molecule has 0 atom stereocenters. The molecule has 0 aromatic heterocycles. The van der Waals surface area contributed by atoms with Crippen LogP contribution in [0.25, 0.3) is 0 Å². The summed E-state index contributed by atoms with van der Waals surface area (Å²) >= 11 is 0. The van der Waals surface area contributed by atoms with Crippen LogP contribution in [-0.4, -0.2) is 18.2 Å². The fraction of sp³-hybridized carbons (Fsp3) is 0.417. The lowest BCUT2D eigenvalue weighted by Gasteiger charge is -2.19. The normalized spacial score (nSPS) is 10.0. The molecule has 3 heteroatoms. The van der Waals surface area contributed by atoms with Gasteiger partial charge in [0.25, 0.3) is 0 Å². The minimum absolute atomic E-state index is 0.654. The third-order valence-corrected chi connectivity index (χ3v) is 2.04. The van der Waals surface area contributed by atoms with Gasteiger partial charge in [0.2, 0.25) is 0 Å². The SMILES string of the molecule is CCCN(CC)Oc1ccc(C#N)cc1. The maximum atomic E-state index is 8.64. The van der Waals surface area contributed by atoms with E-state index in [4.69, 9.17) is 10.1 Å². The van der Waals surface area contributed by atoms with Crippen LogP contribution in [0.5, 0.6) is 5.75 Å². The Kier molecular flexibility index (Phi) is 4.65. The van der Waals surface area contributed by atoms with Crippen LogP contribution < -0.4 is 4.84 Å². The van der Waals surface area contributed by atoms with Gasteiger partial charge in [0.1, 0.15) is 5.75 Å². The van der Waals surface area contributed by atoms with Gasteiger partial charge in [-0.05, 0) is 37.6 Å². The van der Waals surface area contributed by atoms with E-state index in [1.807, 2.05) is 17.2 Å². The molecule has 0 aliphatic carbocycles. The van der Waals surface area contributed by atoms with E-state index in [-0.39, 0.29) is 0 Å². The first-order valence-electron chi connectivity index (χ1n) is 5.23. The Morgan fingerprint density at radius 1 is 1.27 bits per heavy atom. The third kappa shape index (κ3) is 3.61. The Balaban J connectivity index is 2.59. The molecule has 1 aromatic rings. The van der Waals surface area contributed by atoms with Crippen molar-refractivity contribution < 1.29 is 4.84 Å². The van der Waals surface area contributed by atoms with Crippen molar-refractivity contribution in [1.29, 1.82) is 5.26 Å². The molecule has 3 nitrogen and oxygen atoms in total. The predicted molar refractivity (Wildman–Crippen MR) is 59.3 cm³/mol. The highest BCUT2D eigenvalue weighted by Crippen LogP contribution is 2.13. The van der Waals surface area contributed by atoms with Crippen LogP contribution in [0, 0.1) is 11.3 Å². The predicted octanol–water partition coefficient (Wildman–Crippen LogP) is 2.58. The molecule has 80 valence electrons. The third-order valence-electron chi connectivity index (χ3n) is 2.04. The molecule has 0 saturated heterocycles. The zero-order chi connectivity index (χ0) is 11.1. The Bertz CT molecular complexity index is 326. The summed E-state index contributed by atoms with van der Waals surface area (Å²) in [5, 5.41) is 10.5. The summed E-state index contributed by atoms with van der Waals surface area (Å²) in [4.78, 5) is 5.63. The standard InChI is InChI=1S/C12H16N2O/c1-3-9-14(4-2)15-12-7-5-11(10-13)6-8-12/h5-8H,3-4,9H2,1-2H3. The molecule has 1 aromatic carbocycles. The summed E-state index contributed by atoms with van der Waals surface area (Å²) in [6.07, 6.45) is 1.06. The van der Waals surface area contributed by atoms with E-state index in [2.05, 4.69) is 19.9 Å². The summed E-state index contributed by atoms with van der Waals surface area (Å²) < 4.78 is 0. The molecule has 0 heterocycles. The van der Waals surface area contributed by atoms with Crippen LogP contribution in [0.15, 0.2) is 24.3 Å². The highest BCUT2D eigenvalue weighted by Gasteiger charge is 2.02. The largest absolute Gasteiger partial charge is 0.406 e. The number of nitriles is 1. The number of hydrogen-bond donors (Lipinski definition) is 0. The van der Waals surface area contributed by atoms with Crippen LogP contribution in [0.3, 0.4) is 0 Å². The van der Waals surface area contributed by atoms with Gasteiger partial charge in [-0.1, -0.05) is 6.92 Å². The maximum absolute atomic E-state index is 8.64. The number of hydroxylamine groups is 2. The van der Waals surface area contributed by atoms with E-state index in [0.29, 0.717) is 5.56 Å². The van der Waals surface area contributed by atoms with Crippen LogP contribution in [0.2, 0.25) is 0 Å². The topological polar surface area (TPSA) is 36.3 Å². The smallest absolute Gasteiger partial charge is 0.147 e. The number of benzene rings is 1. The van der Waals surface area contributed by atoms with Gasteiger partial charge in [0, 0.05) is 13.1 Å². The van der Waals surface area contributed by atoms with Gasteiger partial charge in [-0.2, -0.15) is 5.26 Å². The lowest BCUT2D eigenvalue weighted by Crippen LogP contribution is -2.27. The monoisotopic (exact) mass is 204 g/mol. The van der Waals surface area contributed by atoms with E-state index < -0.39 is 0 Å². The van der Waals surface area contributed by atoms with E-state index in [1.54, 1.807) is 12.1 Å². The van der Waals surface area contributed by atoms with Gasteiger partial charge < -0.3 is 4.84 Å². The zero-order valence-electron chi connectivity index (χ0n) is 9.23. The van der Waals surface area contributed by atoms with Crippen molar-refractivity contribution in [1.82, 2.24) is 5.06 Å². The van der Waals surface area contributed by atoms with Gasteiger partial charge in [-0.3, -0.25) is 0 Å². The quantitative estimate of drug-likeness (QED) is 0.692. The zero-order valence-corrected chi connectivity index (χ0v) is 9.23. The van der Waals surface area contributed by atoms with E-state index in [1.165, 1.54) is 0 Å². The molecule has 0 radical (unpaired) electrons. The lowest BCUT2D eigenvalue weighted by atomic mass is 10.2. The summed E-state index contributed by atoms with van der Waals surface area (Å²) in [6, 6.07) is 9.23. The van der Waals surface area contributed by atoms with E-state index in [0.717, 1.165) is 25.3 Å². The molecular weight excluding hydrogens is 188 g/mol. The van der Waals surface area contributed by atoms with Crippen molar-refractivity contribution in [3.63, 3.8) is 0 Å². The van der Waals surface area contributed by atoms with Crippen molar-refractivity contribution in [2.75, 3.05) is 13.1 Å². The minimum atomic E-state index is 0.654. The molecule has 0 spiro atoms. The van der Waals surface area contributed by atoms with Gasteiger partial charge in [0.15, 0.2) is 0 Å². The summed E-state index contributed by atoms with van der Waals surface area (Å²) in [7, 11) is 0. The van der Waals surface area contributed by atoms with Gasteiger partial charge >= 0.3 is 0 Å². The first-order valence-corrected chi connectivity index (χ1v) is 5.23. The second-order valence-corrected chi connectivity index (χ2v) is 3.25. The molecule has 15 heavy (non-hydrogen) atoms. The Morgan fingerprint density at radius 3 is 2.40 bits per heavy atom. The molecular formula is C12H16N2O. The fourth-order valence-electron chi connectivity index (χ4n) is 1.26. The minimum Gasteiger partial charge on any atom is -0.406 e. The lowest BCUT2D eigenvalue weighted by molar-refractivity contribution is -0.0534. The molecule has 1 rings (SSSR count). The first kappa shape index (κ1) is 11.5. The average molecular weight is 204 g/mol. The van der Waals surface area contributed by atoms with Crippen molar-refractivity contribution in [3.05, 3.63) is 29.8 Å². The Morgan fingerprint density at radius 2 is 1.93 bits per heavy atom. The van der Waals surface area contributed by atoms with Crippen molar-refractivity contribution in [2.24, 2.45) is 0 Å². The molecule has 0 bridgehead atoms. The van der Waals surface area contributed by atoms with E-state index >= 15 is 0 Å². The molecule has 0 aliphatic heterocycles. The molecule has 0 aliphatic rings. The second kappa shape index (κ2) is 6.05. The Labute approximate surface area is 90.8 Å². The second-order valence-electron chi connectivity index (χ2n) is 3.25. The fourth-order valence-corrected chi connectivity index (χ4v) is 1.26. The number of nitrogens with zero attached hydrogens (tertiary/aromatic N) is 2.